The molecule has 1 fully saturated rings. The Morgan fingerprint density at radius 1 is 1.18 bits per heavy atom. The van der Waals surface area contributed by atoms with Crippen molar-refractivity contribution in [2.75, 3.05) is 4.90 Å². The summed E-state index contributed by atoms with van der Waals surface area (Å²) in [5.74, 6) is -5.53. The third-order valence-electron chi connectivity index (χ3n) is 4.42. The topological polar surface area (TPSA) is 49.4 Å². The van der Waals surface area contributed by atoms with Crippen molar-refractivity contribution < 1.29 is 27.2 Å². The molecule has 1 N–H and O–H groups in total. The van der Waals surface area contributed by atoms with Crippen molar-refractivity contribution in [2.45, 2.75) is 30.8 Å². The first-order chi connectivity index (χ1) is 13.2. The summed E-state index contributed by atoms with van der Waals surface area (Å²) in [6, 6.07) is 6.31. The first kappa shape index (κ1) is 20.1. The number of anilines is 1. The fourth-order valence-electron chi connectivity index (χ4n) is 3.12. The van der Waals surface area contributed by atoms with Crippen LogP contribution < -0.4 is 10.2 Å². The van der Waals surface area contributed by atoms with Crippen molar-refractivity contribution in [1.29, 1.82) is 0 Å². The fraction of sp³-hybridized carbons (Fsp3) is 0.263. The summed E-state index contributed by atoms with van der Waals surface area (Å²) in [4.78, 5) is 25.4. The van der Waals surface area contributed by atoms with Gasteiger partial charge in [-0.15, -0.1) is 0 Å². The maximum Gasteiger partial charge on any atom is 0.252 e. The lowest BCUT2D eigenvalue weighted by Gasteiger charge is -2.37. The second-order valence-corrected chi connectivity index (χ2v) is 6.94. The molecule has 1 unspecified atom stereocenters. The van der Waals surface area contributed by atoms with E-state index in [9.17, 15) is 27.2 Å². The maximum atomic E-state index is 13.6. The minimum absolute atomic E-state index is 0.130. The van der Waals surface area contributed by atoms with E-state index < -0.39 is 48.4 Å². The monoisotopic (exact) mass is 414 g/mol. The van der Waals surface area contributed by atoms with Gasteiger partial charge in [0.05, 0.1) is 5.69 Å². The van der Waals surface area contributed by atoms with Gasteiger partial charge in [-0.3, -0.25) is 14.5 Å². The third kappa shape index (κ3) is 4.27. The van der Waals surface area contributed by atoms with Crippen molar-refractivity contribution in [2.24, 2.45) is 0 Å². The van der Waals surface area contributed by atoms with Gasteiger partial charge >= 0.3 is 0 Å². The van der Waals surface area contributed by atoms with Crippen LogP contribution in [-0.2, 0) is 9.59 Å². The van der Waals surface area contributed by atoms with Gasteiger partial charge in [0.1, 0.15) is 17.7 Å². The zero-order valence-electron chi connectivity index (χ0n) is 14.3. The van der Waals surface area contributed by atoms with Gasteiger partial charge in [0.15, 0.2) is 0 Å². The van der Waals surface area contributed by atoms with E-state index in [4.69, 9.17) is 11.6 Å². The van der Waals surface area contributed by atoms with Crippen LogP contribution >= 0.6 is 11.6 Å². The van der Waals surface area contributed by atoms with Crippen molar-refractivity contribution in [1.82, 2.24) is 5.32 Å². The molecule has 1 aliphatic carbocycles. The van der Waals surface area contributed by atoms with Crippen LogP contribution in [0.5, 0.6) is 0 Å². The molecule has 2 amide bonds. The zero-order valence-corrected chi connectivity index (χ0v) is 15.1. The van der Waals surface area contributed by atoms with Crippen molar-refractivity contribution in [3.63, 3.8) is 0 Å². The molecule has 4 nitrogen and oxygen atoms in total. The fourth-order valence-corrected chi connectivity index (χ4v) is 3.36. The van der Waals surface area contributed by atoms with E-state index in [0.29, 0.717) is 6.07 Å². The number of nitrogens with zero attached hydrogens (tertiary/aromatic N) is 1. The predicted molar refractivity (Wildman–Crippen MR) is 95.2 cm³/mol. The molecule has 0 spiro atoms. The number of nitrogens with one attached hydrogen (secondary N) is 1. The largest absolute Gasteiger partial charge is 0.351 e. The Kier molecular flexibility index (Phi) is 5.60. The summed E-state index contributed by atoms with van der Waals surface area (Å²) in [6.07, 6.45) is -0.815. The SMILES string of the molecule is O=CN(c1cc(F)cc(F)c1)C(C(=O)NC1CC(F)(F)C1)c1ccccc1Cl. The van der Waals surface area contributed by atoms with Crippen molar-refractivity contribution in [3.8, 4) is 0 Å². The summed E-state index contributed by atoms with van der Waals surface area (Å²) in [5, 5.41) is 2.58. The second-order valence-electron chi connectivity index (χ2n) is 6.53. The van der Waals surface area contributed by atoms with Crippen LogP contribution in [0.4, 0.5) is 23.2 Å². The Bertz CT molecular complexity index is 881. The molecular weight excluding hydrogens is 400 g/mol. The molecular formula is C19H15ClF4N2O2. The van der Waals surface area contributed by atoms with Crippen molar-refractivity contribution in [3.05, 3.63) is 64.7 Å². The Labute approximate surface area is 163 Å². The Hall–Kier alpha value is -2.61. The molecule has 9 heteroatoms. The van der Waals surface area contributed by atoms with Crippen LogP contribution in [0.3, 0.4) is 0 Å². The molecule has 1 saturated carbocycles. The second kappa shape index (κ2) is 7.79. The lowest BCUT2D eigenvalue weighted by atomic mass is 9.87. The summed E-state index contributed by atoms with van der Waals surface area (Å²) >= 11 is 6.15. The number of alkyl halides is 2. The van der Waals surface area contributed by atoms with E-state index in [1.807, 2.05) is 0 Å². The van der Waals surface area contributed by atoms with Crippen LogP contribution in [0.25, 0.3) is 0 Å². The molecule has 28 heavy (non-hydrogen) atoms. The molecule has 3 rings (SSSR count). The molecule has 1 atom stereocenters. The van der Waals surface area contributed by atoms with Gasteiger partial charge in [-0.2, -0.15) is 0 Å². The first-order valence-electron chi connectivity index (χ1n) is 8.32. The highest BCUT2D eigenvalue weighted by Crippen LogP contribution is 2.38. The molecule has 1 aliphatic rings. The number of carbonyl (C=O) groups excluding carboxylic acids is 2. The molecule has 0 saturated heterocycles. The number of carbonyl (C=O) groups is 2. The van der Waals surface area contributed by atoms with Crippen LogP contribution in [0.2, 0.25) is 5.02 Å². The molecule has 0 aromatic heterocycles. The van der Waals surface area contributed by atoms with E-state index in [1.165, 1.54) is 12.1 Å². The minimum Gasteiger partial charge on any atom is -0.351 e. The Balaban J connectivity index is 1.98. The number of halogens is 5. The smallest absolute Gasteiger partial charge is 0.252 e. The summed E-state index contributed by atoms with van der Waals surface area (Å²) < 4.78 is 53.4. The summed E-state index contributed by atoms with van der Waals surface area (Å²) in [6.45, 7) is 0. The van der Waals surface area contributed by atoms with Crippen LogP contribution in [0.15, 0.2) is 42.5 Å². The van der Waals surface area contributed by atoms with Crippen molar-refractivity contribution >= 4 is 29.6 Å². The maximum absolute atomic E-state index is 13.6. The van der Waals surface area contributed by atoms with Crippen LogP contribution in [0.1, 0.15) is 24.4 Å². The number of rotatable bonds is 6. The lowest BCUT2D eigenvalue weighted by molar-refractivity contribution is -0.131. The predicted octanol–water partition coefficient (Wildman–Crippen LogP) is 4.24. The number of hydrogen-bond acceptors (Lipinski definition) is 2. The van der Waals surface area contributed by atoms with Crippen LogP contribution in [0, 0.1) is 11.6 Å². The van der Waals surface area contributed by atoms with Gasteiger partial charge < -0.3 is 5.32 Å². The highest BCUT2D eigenvalue weighted by atomic mass is 35.5. The normalized spacial score (nSPS) is 16.8. The van der Waals surface area contributed by atoms with E-state index in [1.54, 1.807) is 12.1 Å². The van der Waals surface area contributed by atoms with Gasteiger partial charge in [0.25, 0.3) is 5.92 Å². The lowest BCUT2D eigenvalue weighted by Crippen LogP contribution is -2.53. The molecule has 0 radical (unpaired) electrons. The molecule has 2 aromatic carbocycles. The third-order valence-corrected chi connectivity index (χ3v) is 4.77. The summed E-state index contributed by atoms with van der Waals surface area (Å²) in [5.41, 5.74) is -0.0315. The van der Waals surface area contributed by atoms with E-state index in [-0.39, 0.29) is 22.7 Å². The van der Waals surface area contributed by atoms with E-state index >= 15 is 0 Å². The number of hydrogen-bond donors (Lipinski definition) is 1. The quantitative estimate of drug-likeness (QED) is 0.568. The molecule has 148 valence electrons. The van der Waals surface area contributed by atoms with Gasteiger partial charge in [-0.1, -0.05) is 29.8 Å². The molecule has 0 aliphatic heterocycles. The minimum atomic E-state index is -2.85. The average molecular weight is 415 g/mol. The molecule has 0 heterocycles. The van der Waals surface area contributed by atoms with Gasteiger partial charge in [0, 0.05) is 35.5 Å². The number of benzene rings is 2. The van der Waals surface area contributed by atoms with Gasteiger partial charge in [-0.05, 0) is 18.2 Å². The highest BCUT2D eigenvalue weighted by molar-refractivity contribution is 6.31. The first-order valence-corrected chi connectivity index (χ1v) is 8.70. The standard InChI is InChI=1S/C19H15ClF4N2O2/c20-16-4-2-1-3-15(16)17(18(28)25-13-8-19(23,24)9-13)26(10-27)14-6-11(21)5-12(22)7-14/h1-7,10,13,17H,8-9H2,(H,25,28). The van der Waals surface area contributed by atoms with E-state index in [0.717, 1.165) is 17.0 Å². The molecule has 0 bridgehead atoms. The Morgan fingerprint density at radius 3 is 2.32 bits per heavy atom. The Morgan fingerprint density at radius 2 is 1.79 bits per heavy atom. The zero-order chi connectivity index (χ0) is 20.5. The van der Waals surface area contributed by atoms with Gasteiger partial charge in [0.2, 0.25) is 12.3 Å². The average Bonchev–Trinajstić information content (AvgIpc) is 2.57. The summed E-state index contributed by atoms with van der Waals surface area (Å²) in [7, 11) is 0. The van der Waals surface area contributed by atoms with Gasteiger partial charge in [-0.25, -0.2) is 17.6 Å². The van der Waals surface area contributed by atoms with E-state index in [2.05, 4.69) is 5.32 Å². The highest BCUT2D eigenvalue weighted by Gasteiger charge is 2.47. The number of amides is 2. The van der Waals surface area contributed by atoms with Crippen LogP contribution in [-0.4, -0.2) is 24.3 Å². The molecule has 2 aromatic rings.